The second kappa shape index (κ2) is 7.16. The Morgan fingerprint density at radius 3 is 2.83 bits per heavy atom. The van der Waals surface area contributed by atoms with E-state index in [0.717, 1.165) is 36.9 Å². The molecule has 0 spiro atoms. The van der Waals surface area contributed by atoms with Crippen LogP contribution in [-0.2, 0) is 6.18 Å². The van der Waals surface area contributed by atoms with Crippen LogP contribution in [0.2, 0.25) is 0 Å². The molecular formula is C21H22F3N5O. The molecule has 1 fully saturated rings. The van der Waals surface area contributed by atoms with Crippen LogP contribution in [0.4, 0.5) is 19.0 Å². The van der Waals surface area contributed by atoms with Crippen molar-refractivity contribution in [1.29, 1.82) is 0 Å². The molecule has 2 N–H and O–H groups in total. The molecule has 2 aliphatic heterocycles. The van der Waals surface area contributed by atoms with Gasteiger partial charge in [0, 0.05) is 12.1 Å². The highest BCUT2D eigenvalue weighted by Crippen LogP contribution is 2.39. The van der Waals surface area contributed by atoms with E-state index in [1.807, 2.05) is 24.3 Å². The van der Waals surface area contributed by atoms with Gasteiger partial charge in [-0.15, -0.1) is 0 Å². The van der Waals surface area contributed by atoms with Crippen molar-refractivity contribution < 1.29 is 17.9 Å². The standard InChI is InChI=1S/C21H22F3N5O/c1-12-6-7-29(9-12)15-10-30-16-5-3-2-4-13(16)18(15)28-20-14-8-17(21(22,23)24)27-19(14)25-11-26-20/h2-5,8,11-12,15,18H,6-7,9-10H2,1H3,(H2,25,26,27,28). The lowest BCUT2D eigenvalue weighted by molar-refractivity contribution is -0.140. The molecule has 6 nitrogen and oxygen atoms in total. The molecule has 2 aliphatic rings. The first-order chi connectivity index (χ1) is 14.4. The second-order valence-corrected chi connectivity index (χ2v) is 8.09. The number of nitrogens with one attached hydrogen (secondary N) is 2. The van der Waals surface area contributed by atoms with Gasteiger partial charge in [-0.3, -0.25) is 4.90 Å². The first kappa shape index (κ1) is 19.2. The lowest BCUT2D eigenvalue weighted by atomic mass is 9.95. The highest BCUT2D eigenvalue weighted by molar-refractivity contribution is 5.88. The van der Waals surface area contributed by atoms with Crippen molar-refractivity contribution >= 4 is 16.9 Å². The van der Waals surface area contributed by atoms with E-state index >= 15 is 0 Å². The molecule has 2 aromatic heterocycles. The summed E-state index contributed by atoms with van der Waals surface area (Å²) >= 11 is 0. The first-order valence-electron chi connectivity index (χ1n) is 10.0. The van der Waals surface area contributed by atoms with Gasteiger partial charge in [-0.1, -0.05) is 25.1 Å². The van der Waals surface area contributed by atoms with Crippen LogP contribution >= 0.6 is 0 Å². The van der Waals surface area contributed by atoms with Gasteiger partial charge in [-0.2, -0.15) is 13.2 Å². The summed E-state index contributed by atoms with van der Waals surface area (Å²) in [6, 6.07) is 8.72. The van der Waals surface area contributed by atoms with Crippen molar-refractivity contribution in [2.75, 3.05) is 25.0 Å². The number of anilines is 1. The van der Waals surface area contributed by atoms with Gasteiger partial charge in [-0.05, 0) is 31.0 Å². The van der Waals surface area contributed by atoms with Crippen molar-refractivity contribution in [3.05, 3.63) is 47.9 Å². The summed E-state index contributed by atoms with van der Waals surface area (Å²) in [6.07, 6.45) is -2.08. The highest BCUT2D eigenvalue weighted by Gasteiger charge is 2.38. The Balaban J connectivity index is 1.54. The van der Waals surface area contributed by atoms with E-state index in [0.29, 0.717) is 23.7 Å². The molecule has 3 unspecified atom stereocenters. The van der Waals surface area contributed by atoms with E-state index < -0.39 is 11.9 Å². The zero-order chi connectivity index (χ0) is 20.9. The van der Waals surface area contributed by atoms with Crippen LogP contribution in [0.1, 0.15) is 30.6 Å². The molecule has 0 bridgehead atoms. The molecule has 1 saturated heterocycles. The summed E-state index contributed by atoms with van der Waals surface area (Å²) in [5.74, 6) is 1.77. The van der Waals surface area contributed by atoms with E-state index in [2.05, 4.69) is 32.1 Å². The number of H-pyrrole nitrogens is 1. The Morgan fingerprint density at radius 2 is 2.07 bits per heavy atom. The smallest absolute Gasteiger partial charge is 0.431 e. The van der Waals surface area contributed by atoms with Crippen LogP contribution in [0, 0.1) is 5.92 Å². The summed E-state index contributed by atoms with van der Waals surface area (Å²) in [6.45, 7) is 4.68. The molecule has 0 radical (unpaired) electrons. The lowest BCUT2D eigenvalue weighted by Gasteiger charge is -2.39. The Bertz CT molecular complexity index is 1070. The maximum Gasteiger partial charge on any atom is 0.431 e. The maximum atomic E-state index is 13.2. The SMILES string of the molecule is CC1CCN(C2COc3ccccc3C2Nc2ncnc3[nH]c(C(F)(F)F)cc23)C1. The van der Waals surface area contributed by atoms with Crippen LogP contribution in [0.3, 0.4) is 0 Å². The van der Waals surface area contributed by atoms with Crippen LogP contribution in [0.25, 0.3) is 11.0 Å². The zero-order valence-electron chi connectivity index (χ0n) is 16.4. The molecule has 158 valence electrons. The summed E-state index contributed by atoms with van der Waals surface area (Å²) in [5, 5.41) is 3.75. The molecule has 3 aromatic rings. The number of halogens is 3. The minimum Gasteiger partial charge on any atom is -0.491 e. The fraction of sp³-hybridized carbons (Fsp3) is 0.429. The minimum atomic E-state index is -4.47. The van der Waals surface area contributed by atoms with E-state index in [4.69, 9.17) is 4.74 Å². The Morgan fingerprint density at radius 1 is 1.23 bits per heavy atom. The van der Waals surface area contributed by atoms with Gasteiger partial charge in [0.2, 0.25) is 0 Å². The van der Waals surface area contributed by atoms with Gasteiger partial charge in [-0.25, -0.2) is 9.97 Å². The third kappa shape index (κ3) is 3.36. The predicted molar refractivity (Wildman–Crippen MR) is 106 cm³/mol. The van der Waals surface area contributed by atoms with Crippen molar-refractivity contribution in [3.8, 4) is 5.75 Å². The first-order valence-corrected chi connectivity index (χ1v) is 10.0. The Kier molecular flexibility index (Phi) is 4.57. The van der Waals surface area contributed by atoms with Crippen LogP contribution in [0.15, 0.2) is 36.7 Å². The third-order valence-corrected chi connectivity index (χ3v) is 6.00. The van der Waals surface area contributed by atoms with E-state index in [1.54, 1.807) is 0 Å². The van der Waals surface area contributed by atoms with Crippen molar-refractivity contribution in [2.45, 2.75) is 31.6 Å². The molecular weight excluding hydrogens is 395 g/mol. The average molecular weight is 417 g/mol. The number of rotatable bonds is 3. The molecule has 5 rings (SSSR count). The number of ether oxygens (including phenoxy) is 1. The fourth-order valence-electron chi connectivity index (χ4n) is 4.46. The van der Waals surface area contributed by atoms with E-state index in [1.165, 1.54) is 6.33 Å². The Hall–Kier alpha value is -2.81. The summed E-state index contributed by atoms with van der Waals surface area (Å²) in [7, 11) is 0. The van der Waals surface area contributed by atoms with Crippen molar-refractivity contribution in [3.63, 3.8) is 0 Å². The van der Waals surface area contributed by atoms with Gasteiger partial charge in [0.05, 0.1) is 17.5 Å². The van der Waals surface area contributed by atoms with E-state index in [9.17, 15) is 13.2 Å². The number of hydrogen-bond acceptors (Lipinski definition) is 5. The summed E-state index contributed by atoms with van der Waals surface area (Å²) < 4.78 is 45.6. The van der Waals surface area contributed by atoms with Crippen LogP contribution in [0.5, 0.6) is 5.75 Å². The topological polar surface area (TPSA) is 66.1 Å². The average Bonchev–Trinajstić information content (AvgIpc) is 3.35. The van der Waals surface area contributed by atoms with Crippen LogP contribution in [-0.4, -0.2) is 45.6 Å². The number of aromatic amines is 1. The van der Waals surface area contributed by atoms with E-state index in [-0.39, 0.29) is 17.7 Å². The molecule has 0 aliphatic carbocycles. The number of alkyl halides is 3. The lowest BCUT2D eigenvalue weighted by Crippen LogP contribution is -2.47. The van der Waals surface area contributed by atoms with Crippen LogP contribution < -0.4 is 10.1 Å². The number of fused-ring (bicyclic) bond motifs is 2. The summed E-state index contributed by atoms with van der Waals surface area (Å²) in [5.41, 5.74) is 0.302. The zero-order valence-corrected chi connectivity index (χ0v) is 16.4. The van der Waals surface area contributed by atoms with Gasteiger partial charge >= 0.3 is 6.18 Å². The van der Waals surface area contributed by atoms with Crippen molar-refractivity contribution in [1.82, 2.24) is 19.9 Å². The van der Waals surface area contributed by atoms with Gasteiger partial charge in [0.1, 0.15) is 35.8 Å². The molecule has 0 saturated carbocycles. The fourth-order valence-corrected chi connectivity index (χ4v) is 4.46. The van der Waals surface area contributed by atoms with Gasteiger partial charge in [0.15, 0.2) is 0 Å². The molecule has 0 amide bonds. The van der Waals surface area contributed by atoms with Gasteiger partial charge in [0.25, 0.3) is 0 Å². The number of benzene rings is 1. The number of aromatic nitrogens is 3. The largest absolute Gasteiger partial charge is 0.491 e. The van der Waals surface area contributed by atoms with Crippen molar-refractivity contribution in [2.24, 2.45) is 5.92 Å². The predicted octanol–water partition coefficient (Wildman–Crippen LogP) is 4.23. The normalized spacial score (nSPS) is 24.6. The highest BCUT2D eigenvalue weighted by atomic mass is 19.4. The number of likely N-dealkylation sites (tertiary alicyclic amines) is 1. The number of para-hydroxylation sites is 1. The number of hydrogen-bond donors (Lipinski definition) is 2. The molecule has 1 aromatic carbocycles. The number of nitrogens with zero attached hydrogens (tertiary/aromatic N) is 3. The minimum absolute atomic E-state index is 0.0518. The summed E-state index contributed by atoms with van der Waals surface area (Å²) in [4.78, 5) is 13.0. The quantitative estimate of drug-likeness (QED) is 0.668. The molecule has 30 heavy (non-hydrogen) atoms. The molecule has 3 atom stereocenters. The Labute approximate surface area is 171 Å². The third-order valence-electron chi connectivity index (χ3n) is 6.00. The van der Waals surface area contributed by atoms with Gasteiger partial charge < -0.3 is 15.0 Å². The molecule has 9 heteroatoms. The molecule has 4 heterocycles. The monoisotopic (exact) mass is 417 g/mol. The maximum absolute atomic E-state index is 13.2. The second-order valence-electron chi connectivity index (χ2n) is 8.09.